The van der Waals surface area contributed by atoms with Crippen molar-refractivity contribution in [3.05, 3.63) is 71.6 Å². The highest BCUT2D eigenvalue weighted by Crippen LogP contribution is 2.23. The number of amides is 1. The number of anilines is 1. The van der Waals surface area contributed by atoms with Crippen LogP contribution in [-0.4, -0.2) is 30.6 Å². The van der Waals surface area contributed by atoms with E-state index in [-0.39, 0.29) is 11.7 Å². The Balaban J connectivity index is 2.08. The highest BCUT2D eigenvalue weighted by Gasteiger charge is 2.26. The Bertz CT molecular complexity index is 933. The predicted molar refractivity (Wildman–Crippen MR) is 138 cm³/mol. The van der Waals surface area contributed by atoms with Crippen LogP contribution >= 0.6 is 0 Å². The second-order valence-corrected chi connectivity index (χ2v) is 10.2. The Hall–Kier alpha value is -2.86. The molecule has 1 amide bonds. The van der Waals surface area contributed by atoms with Crippen molar-refractivity contribution in [1.29, 1.82) is 0 Å². The second kappa shape index (κ2) is 12.6. The van der Waals surface area contributed by atoms with Gasteiger partial charge in [-0.1, -0.05) is 37.6 Å². The average Bonchev–Trinajstić information content (AvgIpc) is 2.75. The van der Waals surface area contributed by atoms with Gasteiger partial charge in [-0.15, -0.1) is 0 Å². The van der Waals surface area contributed by atoms with Crippen molar-refractivity contribution in [3.63, 3.8) is 0 Å². The zero-order valence-corrected chi connectivity index (χ0v) is 21.4. The fourth-order valence-corrected chi connectivity index (χ4v) is 3.61. The molecule has 0 saturated carbocycles. The molecule has 0 unspecified atom stereocenters. The Morgan fingerprint density at radius 3 is 2.29 bits per heavy atom. The monoisotopic (exact) mass is 469 g/mol. The molecule has 0 aromatic heterocycles. The summed E-state index contributed by atoms with van der Waals surface area (Å²) in [6.45, 7) is 14.0. The largest absolute Gasteiger partial charge is 0.489 e. The summed E-state index contributed by atoms with van der Waals surface area (Å²) in [5.74, 6) is 0.722. The van der Waals surface area contributed by atoms with Crippen LogP contribution in [0.4, 0.5) is 10.1 Å². The number of benzene rings is 2. The van der Waals surface area contributed by atoms with Gasteiger partial charge in [0.2, 0.25) is 5.91 Å². The number of nitrogens with zero attached hydrogens (tertiary/aromatic N) is 1. The average molecular weight is 470 g/mol. The van der Waals surface area contributed by atoms with Crippen LogP contribution < -0.4 is 20.7 Å². The highest BCUT2D eigenvalue weighted by atomic mass is 19.1. The number of hydrogen-bond acceptors (Lipinski definition) is 4. The van der Waals surface area contributed by atoms with Gasteiger partial charge in [-0.25, -0.2) is 4.39 Å². The van der Waals surface area contributed by atoms with Gasteiger partial charge in [0.1, 0.15) is 18.2 Å². The lowest BCUT2D eigenvalue weighted by molar-refractivity contribution is -0.124. The van der Waals surface area contributed by atoms with E-state index >= 15 is 0 Å². The molecular weight excluding hydrogens is 429 g/mol. The molecule has 0 saturated heterocycles. The molecule has 186 valence electrons. The van der Waals surface area contributed by atoms with Crippen LogP contribution in [0.1, 0.15) is 53.5 Å². The summed E-state index contributed by atoms with van der Waals surface area (Å²) < 4.78 is 18.9. The smallest absolute Gasteiger partial charge is 0.237 e. The van der Waals surface area contributed by atoms with E-state index in [1.165, 1.54) is 17.7 Å². The molecule has 0 aliphatic heterocycles. The zero-order chi connectivity index (χ0) is 25.3. The minimum absolute atomic E-state index is 0.120. The molecular formula is C28H40FN3O2. The third-order valence-electron chi connectivity index (χ3n) is 5.35. The first kappa shape index (κ1) is 27.4. The first-order valence-corrected chi connectivity index (χ1v) is 11.9. The van der Waals surface area contributed by atoms with Crippen LogP contribution in [0.3, 0.4) is 0 Å². The Morgan fingerprint density at radius 2 is 1.74 bits per heavy atom. The van der Waals surface area contributed by atoms with Crippen molar-refractivity contribution in [2.75, 3.05) is 18.0 Å². The van der Waals surface area contributed by atoms with Crippen LogP contribution in [0.25, 0.3) is 0 Å². The number of carbonyl (C=O) groups is 1. The molecule has 34 heavy (non-hydrogen) atoms. The lowest BCUT2D eigenvalue weighted by atomic mass is 10.00. The summed E-state index contributed by atoms with van der Waals surface area (Å²) in [6.07, 6.45) is 2.82. The van der Waals surface area contributed by atoms with E-state index in [1.54, 1.807) is 12.1 Å². The van der Waals surface area contributed by atoms with Gasteiger partial charge >= 0.3 is 0 Å². The van der Waals surface area contributed by atoms with Crippen LogP contribution in [0.5, 0.6) is 5.75 Å². The minimum Gasteiger partial charge on any atom is -0.489 e. The molecule has 0 heterocycles. The van der Waals surface area contributed by atoms with E-state index in [1.807, 2.05) is 38.1 Å². The zero-order valence-electron chi connectivity index (χ0n) is 21.4. The first-order valence-electron chi connectivity index (χ1n) is 11.9. The molecule has 2 aromatic carbocycles. The number of rotatable bonds is 12. The molecule has 0 aliphatic carbocycles. The third-order valence-corrected chi connectivity index (χ3v) is 5.35. The number of hydrogen-bond donors (Lipinski definition) is 2. The molecule has 1 atom stereocenters. The molecule has 2 rings (SSSR count). The van der Waals surface area contributed by atoms with Crippen LogP contribution in [0.2, 0.25) is 0 Å². The highest BCUT2D eigenvalue weighted by molar-refractivity contribution is 5.82. The Morgan fingerprint density at radius 1 is 1.12 bits per heavy atom. The molecule has 3 N–H and O–H groups in total. The molecule has 0 radical (unpaired) electrons. The van der Waals surface area contributed by atoms with E-state index in [0.29, 0.717) is 25.5 Å². The minimum atomic E-state index is -0.511. The van der Waals surface area contributed by atoms with Crippen molar-refractivity contribution in [3.8, 4) is 5.75 Å². The lowest BCUT2D eigenvalue weighted by Crippen LogP contribution is -2.55. The first-order chi connectivity index (χ1) is 15.9. The molecule has 0 spiro atoms. The number of nitrogens with one attached hydrogen (secondary N) is 1. The van der Waals surface area contributed by atoms with E-state index in [4.69, 9.17) is 10.5 Å². The molecule has 6 heteroatoms. The number of ether oxygens (including phenoxy) is 1. The van der Waals surface area contributed by atoms with E-state index in [9.17, 15) is 9.18 Å². The maximum absolute atomic E-state index is 13.1. The SMILES string of the molecule is CC(C)=CCN(CC(C)(C)NC(=O)[C@@H](N)CC(C)C)c1ccc(OCc2ccc(F)cc2)cc1. The fourth-order valence-electron chi connectivity index (χ4n) is 3.61. The number of carbonyl (C=O) groups excluding carboxylic acids is 1. The van der Waals surface area contributed by atoms with Crippen molar-refractivity contribution in [2.24, 2.45) is 11.7 Å². The summed E-state index contributed by atoms with van der Waals surface area (Å²) in [4.78, 5) is 14.9. The standard InChI is InChI=1S/C28H40FN3O2/c1-20(2)15-16-32(19-28(5,6)31-27(33)26(30)17-21(3)4)24-11-13-25(14-12-24)34-18-22-7-9-23(29)10-8-22/h7-15,21,26H,16-19,30H2,1-6H3,(H,31,33)/t26-/m0/s1. The Labute approximate surface area is 204 Å². The van der Waals surface area contributed by atoms with Gasteiger partial charge in [-0.05, 0) is 82.0 Å². The van der Waals surface area contributed by atoms with Crippen LogP contribution in [0.15, 0.2) is 60.2 Å². The molecule has 5 nitrogen and oxygen atoms in total. The lowest BCUT2D eigenvalue weighted by Gasteiger charge is -2.35. The summed E-state index contributed by atoms with van der Waals surface area (Å²) >= 11 is 0. The maximum Gasteiger partial charge on any atom is 0.237 e. The topological polar surface area (TPSA) is 67.6 Å². The quantitative estimate of drug-likeness (QED) is 0.406. The van der Waals surface area contributed by atoms with Gasteiger partial charge in [-0.2, -0.15) is 0 Å². The molecule has 0 fully saturated rings. The normalized spacial score (nSPS) is 12.3. The van der Waals surface area contributed by atoms with Gasteiger partial charge in [0.15, 0.2) is 0 Å². The van der Waals surface area contributed by atoms with Gasteiger partial charge in [-0.3, -0.25) is 4.79 Å². The summed E-state index contributed by atoms with van der Waals surface area (Å²) in [7, 11) is 0. The van der Waals surface area contributed by atoms with Gasteiger partial charge in [0, 0.05) is 18.8 Å². The maximum atomic E-state index is 13.1. The summed E-state index contributed by atoms with van der Waals surface area (Å²) in [5, 5.41) is 3.13. The van der Waals surface area contributed by atoms with Crippen molar-refractivity contribution >= 4 is 11.6 Å². The predicted octanol–water partition coefficient (Wildman–Crippen LogP) is 5.45. The summed E-state index contributed by atoms with van der Waals surface area (Å²) in [6, 6.07) is 13.7. The van der Waals surface area contributed by atoms with E-state index < -0.39 is 11.6 Å². The number of allylic oxidation sites excluding steroid dienone is 1. The van der Waals surface area contributed by atoms with E-state index in [2.05, 4.69) is 44.0 Å². The van der Waals surface area contributed by atoms with Gasteiger partial charge < -0.3 is 20.7 Å². The van der Waals surface area contributed by atoms with Crippen molar-refractivity contribution in [1.82, 2.24) is 5.32 Å². The van der Waals surface area contributed by atoms with Crippen LogP contribution in [0, 0.1) is 11.7 Å². The fraction of sp³-hybridized carbons (Fsp3) is 0.464. The van der Waals surface area contributed by atoms with Crippen molar-refractivity contribution in [2.45, 2.75) is 66.2 Å². The van der Waals surface area contributed by atoms with Gasteiger partial charge in [0.05, 0.1) is 11.6 Å². The Kier molecular flexibility index (Phi) is 10.1. The third kappa shape index (κ3) is 9.56. The summed E-state index contributed by atoms with van der Waals surface area (Å²) in [5.41, 5.74) is 8.78. The molecule has 0 aliphatic rings. The van der Waals surface area contributed by atoms with Crippen molar-refractivity contribution < 1.29 is 13.9 Å². The van der Waals surface area contributed by atoms with Crippen LogP contribution in [-0.2, 0) is 11.4 Å². The van der Waals surface area contributed by atoms with Gasteiger partial charge in [0.25, 0.3) is 0 Å². The van der Waals surface area contributed by atoms with E-state index in [0.717, 1.165) is 23.5 Å². The number of nitrogens with two attached hydrogens (primary N) is 1. The molecule has 2 aromatic rings. The second-order valence-electron chi connectivity index (χ2n) is 10.2. The number of halogens is 1. The molecule has 0 bridgehead atoms.